The van der Waals surface area contributed by atoms with Crippen molar-refractivity contribution in [1.29, 1.82) is 0 Å². The van der Waals surface area contributed by atoms with Gasteiger partial charge < -0.3 is 10.2 Å². The molecule has 0 radical (unpaired) electrons. The van der Waals surface area contributed by atoms with Crippen molar-refractivity contribution in [2.45, 2.75) is 24.8 Å². The van der Waals surface area contributed by atoms with Gasteiger partial charge in [0.2, 0.25) is 0 Å². The molecule has 0 aromatic heterocycles. The van der Waals surface area contributed by atoms with E-state index in [4.69, 9.17) is 0 Å². The van der Waals surface area contributed by atoms with E-state index in [2.05, 4.69) is 54.6 Å². The van der Waals surface area contributed by atoms with Crippen LogP contribution in [-0.4, -0.2) is 38.1 Å². The molecule has 1 N–H and O–H groups in total. The zero-order chi connectivity index (χ0) is 11.4. The largest absolute Gasteiger partial charge is 0.313 e. The van der Waals surface area contributed by atoms with Crippen LogP contribution in [0, 0.1) is 0 Å². The Morgan fingerprint density at radius 3 is 2.50 bits per heavy atom. The number of rotatable bonds is 5. The molecule has 0 saturated heterocycles. The number of nitrogens with one attached hydrogen (secondary N) is 1. The third-order valence-electron chi connectivity index (χ3n) is 3.40. The van der Waals surface area contributed by atoms with Gasteiger partial charge in [0, 0.05) is 19.1 Å². The third-order valence-corrected chi connectivity index (χ3v) is 3.40. The first-order valence-electron chi connectivity index (χ1n) is 6.19. The average Bonchev–Trinajstić information content (AvgIpc) is 2.22. The fourth-order valence-electron chi connectivity index (χ4n) is 2.27. The maximum atomic E-state index is 3.61. The smallest absolute Gasteiger partial charge is 0.0101 e. The van der Waals surface area contributed by atoms with E-state index < -0.39 is 0 Å². The van der Waals surface area contributed by atoms with Crippen molar-refractivity contribution in [2.24, 2.45) is 0 Å². The van der Waals surface area contributed by atoms with Crippen molar-refractivity contribution < 1.29 is 0 Å². The molecule has 0 amide bonds. The van der Waals surface area contributed by atoms with Gasteiger partial charge in [-0.3, -0.25) is 0 Å². The highest BCUT2D eigenvalue weighted by molar-refractivity contribution is 5.22. The number of benzene rings is 1. The van der Waals surface area contributed by atoms with Crippen LogP contribution in [0.1, 0.15) is 24.3 Å². The SMILES string of the molecule is CN(C)CCNC1CC(c2ccccc2)C1. The molecule has 0 unspecified atom stereocenters. The maximum Gasteiger partial charge on any atom is 0.0101 e. The summed E-state index contributed by atoms with van der Waals surface area (Å²) in [4.78, 5) is 2.22. The van der Waals surface area contributed by atoms with Crippen LogP contribution in [0.15, 0.2) is 30.3 Å². The van der Waals surface area contributed by atoms with Gasteiger partial charge in [-0.1, -0.05) is 30.3 Å². The topological polar surface area (TPSA) is 15.3 Å². The number of hydrogen-bond acceptors (Lipinski definition) is 2. The minimum Gasteiger partial charge on any atom is -0.313 e. The Kier molecular flexibility index (Phi) is 3.97. The Morgan fingerprint density at radius 2 is 1.88 bits per heavy atom. The molecule has 0 bridgehead atoms. The van der Waals surface area contributed by atoms with Crippen LogP contribution < -0.4 is 5.32 Å². The number of nitrogens with zero attached hydrogens (tertiary/aromatic N) is 1. The predicted octanol–water partition coefficient (Wildman–Crippen LogP) is 2.08. The van der Waals surface area contributed by atoms with E-state index >= 15 is 0 Å². The van der Waals surface area contributed by atoms with Crippen molar-refractivity contribution in [3.63, 3.8) is 0 Å². The summed E-state index contributed by atoms with van der Waals surface area (Å²) >= 11 is 0. The van der Waals surface area contributed by atoms with Crippen LogP contribution in [0.5, 0.6) is 0 Å². The highest BCUT2D eigenvalue weighted by Crippen LogP contribution is 2.36. The molecule has 1 fully saturated rings. The fraction of sp³-hybridized carbons (Fsp3) is 0.571. The summed E-state index contributed by atoms with van der Waals surface area (Å²) in [5, 5.41) is 3.61. The minimum atomic E-state index is 0.741. The van der Waals surface area contributed by atoms with Crippen LogP contribution in [0.4, 0.5) is 0 Å². The highest BCUT2D eigenvalue weighted by atomic mass is 15.1. The number of hydrogen-bond donors (Lipinski definition) is 1. The molecule has 1 saturated carbocycles. The lowest BCUT2D eigenvalue weighted by Gasteiger charge is -2.36. The van der Waals surface area contributed by atoms with Crippen molar-refractivity contribution in [2.75, 3.05) is 27.2 Å². The summed E-state index contributed by atoms with van der Waals surface area (Å²) in [5.74, 6) is 0.790. The number of likely N-dealkylation sites (N-methyl/N-ethyl adjacent to an activating group) is 1. The van der Waals surface area contributed by atoms with Crippen LogP contribution in [-0.2, 0) is 0 Å². The molecule has 1 aliphatic carbocycles. The molecule has 1 aromatic rings. The lowest BCUT2D eigenvalue weighted by Crippen LogP contribution is -2.42. The molecule has 16 heavy (non-hydrogen) atoms. The molecule has 0 heterocycles. The summed E-state index contributed by atoms with van der Waals surface area (Å²) < 4.78 is 0. The standard InChI is InChI=1S/C14H22N2/c1-16(2)9-8-15-14-10-13(11-14)12-6-4-3-5-7-12/h3-7,13-15H,8-11H2,1-2H3. The van der Waals surface area contributed by atoms with E-state index in [0.29, 0.717) is 0 Å². The van der Waals surface area contributed by atoms with E-state index in [1.165, 1.54) is 18.4 Å². The molecule has 0 aliphatic heterocycles. The Morgan fingerprint density at radius 1 is 1.19 bits per heavy atom. The zero-order valence-corrected chi connectivity index (χ0v) is 10.3. The van der Waals surface area contributed by atoms with Crippen LogP contribution in [0.3, 0.4) is 0 Å². The Labute approximate surface area is 98.7 Å². The summed E-state index contributed by atoms with van der Waals surface area (Å²) in [5.41, 5.74) is 1.51. The van der Waals surface area contributed by atoms with Crippen LogP contribution in [0.2, 0.25) is 0 Å². The van der Waals surface area contributed by atoms with Gasteiger partial charge >= 0.3 is 0 Å². The van der Waals surface area contributed by atoms with Gasteiger partial charge in [-0.15, -0.1) is 0 Å². The molecular formula is C14H22N2. The molecule has 2 heteroatoms. The molecule has 88 valence electrons. The maximum absolute atomic E-state index is 3.61. The lowest BCUT2D eigenvalue weighted by molar-refractivity contribution is 0.278. The Balaban J connectivity index is 1.66. The summed E-state index contributed by atoms with van der Waals surface area (Å²) in [6.07, 6.45) is 2.61. The Hall–Kier alpha value is -0.860. The van der Waals surface area contributed by atoms with Crippen molar-refractivity contribution in [3.8, 4) is 0 Å². The van der Waals surface area contributed by atoms with Crippen molar-refractivity contribution >= 4 is 0 Å². The quantitative estimate of drug-likeness (QED) is 0.814. The van der Waals surface area contributed by atoms with E-state index in [1.54, 1.807) is 0 Å². The molecule has 1 aromatic carbocycles. The second kappa shape index (κ2) is 5.46. The van der Waals surface area contributed by atoms with Gasteiger partial charge in [0.1, 0.15) is 0 Å². The van der Waals surface area contributed by atoms with Crippen LogP contribution in [0.25, 0.3) is 0 Å². The van der Waals surface area contributed by atoms with E-state index in [0.717, 1.165) is 25.0 Å². The van der Waals surface area contributed by atoms with Crippen molar-refractivity contribution in [1.82, 2.24) is 10.2 Å². The van der Waals surface area contributed by atoms with E-state index in [1.807, 2.05) is 0 Å². The second-order valence-corrected chi connectivity index (χ2v) is 5.03. The first-order valence-corrected chi connectivity index (χ1v) is 6.19. The normalized spacial score (nSPS) is 24.4. The van der Waals surface area contributed by atoms with Gasteiger partial charge in [0.25, 0.3) is 0 Å². The first kappa shape index (κ1) is 11.6. The van der Waals surface area contributed by atoms with Gasteiger partial charge in [0.05, 0.1) is 0 Å². The zero-order valence-electron chi connectivity index (χ0n) is 10.3. The molecule has 0 atom stereocenters. The molecule has 1 aliphatic rings. The Bertz CT molecular complexity index is 302. The summed E-state index contributed by atoms with van der Waals surface area (Å²) in [7, 11) is 4.24. The van der Waals surface area contributed by atoms with Gasteiger partial charge in [-0.2, -0.15) is 0 Å². The van der Waals surface area contributed by atoms with Crippen molar-refractivity contribution in [3.05, 3.63) is 35.9 Å². The highest BCUT2D eigenvalue weighted by Gasteiger charge is 2.29. The lowest BCUT2D eigenvalue weighted by atomic mass is 9.76. The van der Waals surface area contributed by atoms with E-state index in [9.17, 15) is 0 Å². The van der Waals surface area contributed by atoms with Gasteiger partial charge in [-0.05, 0) is 38.4 Å². The third kappa shape index (κ3) is 3.06. The molecule has 0 spiro atoms. The first-order chi connectivity index (χ1) is 7.75. The average molecular weight is 218 g/mol. The minimum absolute atomic E-state index is 0.741. The summed E-state index contributed by atoms with van der Waals surface area (Å²) in [6.45, 7) is 2.24. The van der Waals surface area contributed by atoms with Gasteiger partial charge in [-0.25, -0.2) is 0 Å². The van der Waals surface area contributed by atoms with E-state index in [-0.39, 0.29) is 0 Å². The second-order valence-electron chi connectivity index (χ2n) is 5.03. The molecule has 2 nitrogen and oxygen atoms in total. The predicted molar refractivity (Wildman–Crippen MR) is 68.8 cm³/mol. The summed E-state index contributed by atoms with van der Waals surface area (Å²) in [6, 6.07) is 11.6. The monoisotopic (exact) mass is 218 g/mol. The van der Waals surface area contributed by atoms with Crippen LogP contribution >= 0.6 is 0 Å². The fourth-order valence-corrected chi connectivity index (χ4v) is 2.27. The van der Waals surface area contributed by atoms with Gasteiger partial charge in [0.15, 0.2) is 0 Å². The molecular weight excluding hydrogens is 196 g/mol. The molecule has 2 rings (SSSR count).